The van der Waals surface area contributed by atoms with Gasteiger partial charge < -0.3 is 0 Å². The molecule has 0 radical (unpaired) electrons. The fraction of sp³-hybridized carbons (Fsp3) is 0. The lowest BCUT2D eigenvalue weighted by atomic mass is 10.2. The first-order valence-corrected chi connectivity index (χ1v) is 6.18. The van der Waals surface area contributed by atoms with Gasteiger partial charge in [-0.25, -0.2) is 9.67 Å². The summed E-state index contributed by atoms with van der Waals surface area (Å²) in [4.78, 5) is 14.6. The molecule has 0 atom stereocenters. The molecule has 0 aliphatic carbocycles. The van der Waals surface area contributed by atoms with E-state index in [-0.39, 0.29) is 5.69 Å². The lowest BCUT2D eigenvalue weighted by Gasteiger charge is -2.02. The first kappa shape index (κ1) is 11.8. The van der Waals surface area contributed by atoms with Crippen molar-refractivity contribution in [2.24, 2.45) is 0 Å². The maximum Gasteiger partial charge on any atom is 0.271 e. The quantitative estimate of drug-likeness (QED) is 0.537. The van der Waals surface area contributed by atoms with E-state index in [1.54, 1.807) is 29.2 Å². The summed E-state index contributed by atoms with van der Waals surface area (Å²) in [5.74, 6) is 0.610. The zero-order valence-corrected chi connectivity index (χ0v) is 11.1. The summed E-state index contributed by atoms with van der Waals surface area (Å²) in [5, 5.41) is 15.9. The average molecular weight is 319 g/mol. The lowest BCUT2D eigenvalue weighted by molar-refractivity contribution is -0.384. The molecular formula is C12H7BrN4O2. The predicted octanol–water partition coefficient (Wildman–Crippen LogP) is 3.09. The number of pyridine rings is 1. The molecule has 0 fully saturated rings. The maximum absolute atomic E-state index is 10.8. The van der Waals surface area contributed by atoms with Crippen molar-refractivity contribution in [2.75, 3.05) is 0 Å². The van der Waals surface area contributed by atoms with Crippen molar-refractivity contribution in [3.05, 3.63) is 57.3 Å². The van der Waals surface area contributed by atoms with Gasteiger partial charge in [-0.15, -0.1) is 0 Å². The molecule has 0 saturated carbocycles. The van der Waals surface area contributed by atoms with Gasteiger partial charge in [-0.2, -0.15) is 5.10 Å². The number of non-ortho nitro benzene ring substituents is 1. The number of aromatic nitrogens is 3. The number of fused-ring (bicyclic) bond motifs is 1. The molecule has 19 heavy (non-hydrogen) atoms. The minimum absolute atomic E-state index is 0.0337. The van der Waals surface area contributed by atoms with E-state index < -0.39 is 4.92 Å². The van der Waals surface area contributed by atoms with Crippen molar-refractivity contribution < 1.29 is 4.92 Å². The fourth-order valence-corrected chi connectivity index (χ4v) is 2.03. The number of nitro groups is 1. The number of halogens is 1. The normalized spacial score (nSPS) is 10.8. The Kier molecular flexibility index (Phi) is 2.75. The van der Waals surface area contributed by atoms with Crippen LogP contribution in [0.3, 0.4) is 0 Å². The van der Waals surface area contributed by atoms with Crippen molar-refractivity contribution in [3.8, 4) is 5.82 Å². The Balaban J connectivity index is 2.21. The molecule has 2 heterocycles. The van der Waals surface area contributed by atoms with Gasteiger partial charge in [0.25, 0.3) is 5.69 Å². The second-order valence-electron chi connectivity index (χ2n) is 3.89. The molecule has 7 heteroatoms. The van der Waals surface area contributed by atoms with Crippen LogP contribution in [0.25, 0.3) is 16.7 Å². The zero-order chi connectivity index (χ0) is 13.4. The van der Waals surface area contributed by atoms with Gasteiger partial charge in [0.05, 0.1) is 16.6 Å². The maximum atomic E-state index is 10.8. The largest absolute Gasteiger partial charge is 0.271 e. The van der Waals surface area contributed by atoms with E-state index in [2.05, 4.69) is 26.0 Å². The first-order valence-electron chi connectivity index (χ1n) is 5.39. The van der Waals surface area contributed by atoms with Crippen molar-refractivity contribution >= 4 is 32.5 Å². The highest BCUT2D eigenvalue weighted by Crippen LogP contribution is 2.22. The van der Waals surface area contributed by atoms with Crippen LogP contribution in [0.4, 0.5) is 5.69 Å². The van der Waals surface area contributed by atoms with Gasteiger partial charge in [0.1, 0.15) is 0 Å². The molecule has 0 aliphatic rings. The van der Waals surface area contributed by atoms with Gasteiger partial charge in [-0.3, -0.25) is 10.1 Å². The predicted molar refractivity (Wildman–Crippen MR) is 73.2 cm³/mol. The molecule has 0 spiro atoms. The highest BCUT2D eigenvalue weighted by atomic mass is 79.9. The molecule has 0 amide bonds. The summed E-state index contributed by atoms with van der Waals surface area (Å²) < 4.78 is 2.44. The molecule has 0 saturated heterocycles. The van der Waals surface area contributed by atoms with Crippen LogP contribution in [0.15, 0.2) is 47.2 Å². The van der Waals surface area contributed by atoms with Gasteiger partial charge >= 0.3 is 0 Å². The lowest BCUT2D eigenvalue weighted by Crippen LogP contribution is -1.99. The van der Waals surface area contributed by atoms with Gasteiger partial charge in [0.15, 0.2) is 5.82 Å². The minimum atomic E-state index is -0.425. The van der Waals surface area contributed by atoms with Gasteiger partial charge in [0.2, 0.25) is 0 Å². The van der Waals surface area contributed by atoms with Crippen molar-refractivity contribution in [1.82, 2.24) is 14.8 Å². The Labute approximate surface area is 116 Å². The van der Waals surface area contributed by atoms with Crippen LogP contribution >= 0.6 is 15.9 Å². The topological polar surface area (TPSA) is 73.8 Å². The molecule has 0 aliphatic heterocycles. The Morgan fingerprint density at radius 3 is 2.74 bits per heavy atom. The van der Waals surface area contributed by atoms with Crippen LogP contribution in [0, 0.1) is 10.1 Å². The third kappa shape index (κ3) is 2.08. The summed E-state index contributed by atoms with van der Waals surface area (Å²) in [5.41, 5.74) is 0.690. The van der Waals surface area contributed by atoms with Gasteiger partial charge in [-0.05, 0) is 34.1 Å². The number of benzene rings is 1. The number of nitrogens with zero attached hydrogens (tertiary/aromatic N) is 4. The van der Waals surface area contributed by atoms with E-state index in [0.717, 1.165) is 9.86 Å². The number of rotatable bonds is 2. The Morgan fingerprint density at radius 1 is 1.21 bits per heavy atom. The van der Waals surface area contributed by atoms with E-state index in [9.17, 15) is 10.1 Å². The summed E-state index contributed by atoms with van der Waals surface area (Å²) in [6.45, 7) is 0. The van der Waals surface area contributed by atoms with E-state index in [0.29, 0.717) is 11.3 Å². The van der Waals surface area contributed by atoms with Gasteiger partial charge in [0, 0.05) is 28.2 Å². The van der Waals surface area contributed by atoms with E-state index in [1.165, 1.54) is 12.1 Å². The second kappa shape index (κ2) is 4.43. The number of nitro benzene ring substituents is 1. The summed E-state index contributed by atoms with van der Waals surface area (Å²) >= 11 is 3.31. The SMILES string of the molecule is O=[N+]([O-])c1ccc2cnn(-c3ccc(Br)cn3)c2c1. The standard InChI is InChI=1S/C12H7BrN4O2/c13-9-2-4-12(14-7-9)16-11-5-10(17(18)19)3-1-8(11)6-15-16/h1-7H. The Hall–Kier alpha value is -2.28. The van der Waals surface area contributed by atoms with E-state index in [1.807, 2.05) is 6.07 Å². The molecule has 94 valence electrons. The van der Waals surface area contributed by atoms with Crippen LogP contribution in [0.5, 0.6) is 0 Å². The zero-order valence-electron chi connectivity index (χ0n) is 9.52. The van der Waals surface area contributed by atoms with Crippen molar-refractivity contribution in [1.29, 1.82) is 0 Å². The molecule has 0 N–H and O–H groups in total. The minimum Gasteiger partial charge on any atom is -0.258 e. The number of hydrogen-bond donors (Lipinski definition) is 0. The van der Waals surface area contributed by atoms with E-state index in [4.69, 9.17) is 0 Å². The Bertz CT molecular complexity index is 767. The summed E-state index contributed by atoms with van der Waals surface area (Å²) in [6.07, 6.45) is 3.31. The summed E-state index contributed by atoms with van der Waals surface area (Å²) in [7, 11) is 0. The van der Waals surface area contributed by atoms with Crippen LogP contribution in [-0.2, 0) is 0 Å². The molecular weight excluding hydrogens is 312 g/mol. The van der Waals surface area contributed by atoms with Crippen LogP contribution in [0.2, 0.25) is 0 Å². The second-order valence-corrected chi connectivity index (χ2v) is 4.81. The molecule has 0 unspecified atom stereocenters. The number of hydrogen-bond acceptors (Lipinski definition) is 4. The molecule has 6 nitrogen and oxygen atoms in total. The molecule has 3 aromatic rings. The molecule has 3 rings (SSSR count). The van der Waals surface area contributed by atoms with Crippen molar-refractivity contribution in [3.63, 3.8) is 0 Å². The first-order chi connectivity index (χ1) is 9.15. The third-order valence-corrected chi connectivity index (χ3v) is 3.16. The van der Waals surface area contributed by atoms with E-state index >= 15 is 0 Å². The average Bonchev–Trinajstić information content (AvgIpc) is 2.82. The highest BCUT2D eigenvalue weighted by Gasteiger charge is 2.11. The highest BCUT2D eigenvalue weighted by molar-refractivity contribution is 9.10. The molecule has 2 aromatic heterocycles. The van der Waals surface area contributed by atoms with Crippen LogP contribution in [0.1, 0.15) is 0 Å². The monoisotopic (exact) mass is 318 g/mol. The molecule has 1 aromatic carbocycles. The smallest absolute Gasteiger partial charge is 0.258 e. The summed E-state index contributed by atoms with van der Waals surface area (Å²) in [6, 6.07) is 8.26. The van der Waals surface area contributed by atoms with Crippen LogP contribution in [-0.4, -0.2) is 19.7 Å². The molecule has 0 bridgehead atoms. The van der Waals surface area contributed by atoms with Gasteiger partial charge in [-0.1, -0.05) is 0 Å². The van der Waals surface area contributed by atoms with Crippen molar-refractivity contribution in [2.45, 2.75) is 0 Å². The fourth-order valence-electron chi connectivity index (χ4n) is 1.80. The Morgan fingerprint density at radius 2 is 2.05 bits per heavy atom. The third-order valence-electron chi connectivity index (χ3n) is 2.69. The van der Waals surface area contributed by atoms with Crippen LogP contribution < -0.4 is 0 Å².